The smallest absolute Gasteiger partial charge is 0.406 e. The number of fused-ring (bicyclic) bond motifs is 3. The summed E-state index contributed by atoms with van der Waals surface area (Å²) in [5, 5.41) is 4.72. The topological polar surface area (TPSA) is 9.23 Å². The molecule has 0 aromatic heterocycles. The van der Waals surface area contributed by atoms with Crippen LogP contribution in [0.5, 0.6) is 5.75 Å². The van der Waals surface area contributed by atoms with Gasteiger partial charge in [0.15, 0.2) is 0 Å². The number of benzene rings is 4. The van der Waals surface area contributed by atoms with Crippen molar-refractivity contribution in [2.45, 2.75) is 26.1 Å². The highest BCUT2D eigenvalue weighted by Gasteiger charge is 2.30. The largest absolute Gasteiger partial charge is 0.573 e. The Morgan fingerprint density at radius 3 is 2.00 bits per heavy atom. The quantitative estimate of drug-likeness (QED) is 0.258. The molecule has 4 rings (SSSR count). The first-order valence-electron chi connectivity index (χ1n) is 9.74. The minimum Gasteiger partial charge on any atom is -0.406 e. The second-order valence-corrected chi connectivity index (χ2v) is 7.13. The molecule has 4 aromatic carbocycles. The Morgan fingerprint density at radius 2 is 1.33 bits per heavy atom. The van der Waals surface area contributed by atoms with E-state index >= 15 is 0 Å². The van der Waals surface area contributed by atoms with Crippen LogP contribution in [-0.4, -0.2) is 6.36 Å². The molecule has 0 N–H and O–H groups in total. The standard InChI is InChI=1S/C26H19F3O/c1-2-3-19-8-14-24-21(16-19)10-11-22-17-20(9-15-25(22)24)5-4-18-6-12-23(13-7-18)30-26(27,28)29/h6-17H,2-3H2,1H3. The van der Waals surface area contributed by atoms with Crippen LogP contribution in [0.4, 0.5) is 13.2 Å². The number of aryl methyl sites for hydroxylation is 1. The highest BCUT2D eigenvalue weighted by atomic mass is 19.4. The van der Waals surface area contributed by atoms with Crippen LogP contribution in [0.15, 0.2) is 72.8 Å². The highest BCUT2D eigenvalue weighted by Crippen LogP contribution is 2.27. The molecule has 0 atom stereocenters. The third kappa shape index (κ3) is 4.58. The highest BCUT2D eigenvalue weighted by molar-refractivity contribution is 6.07. The summed E-state index contributed by atoms with van der Waals surface area (Å²) in [6.07, 6.45) is -2.49. The monoisotopic (exact) mass is 404 g/mol. The second kappa shape index (κ2) is 8.12. The predicted octanol–water partition coefficient (Wildman–Crippen LogP) is 7.24. The Hall–Kier alpha value is -3.45. The van der Waals surface area contributed by atoms with Crippen molar-refractivity contribution in [3.8, 4) is 17.6 Å². The van der Waals surface area contributed by atoms with Gasteiger partial charge in [-0.1, -0.05) is 61.6 Å². The fourth-order valence-electron chi connectivity index (χ4n) is 3.53. The Morgan fingerprint density at radius 1 is 0.733 bits per heavy atom. The van der Waals surface area contributed by atoms with E-state index < -0.39 is 6.36 Å². The van der Waals surface area contributed by atoms with E-state index in [0.29, 0.717) is 5.56 Å². The van der Waals surface area contributed by atoms with Gasteiger partial charge >= 0.3 is 6.36 Å². The summed E-state index contributed by atoms with van der Waals surface area (Å²) in [5.41, 5.74) is 2.81. The van der Waals surface area contributed by atoms with E-state index in [4.69, 9.17) is 0 Å². The average Bonchev–Trinajstić information content (AvgIpc) is 2.72. The molecule has 0 heterocycles. The maximum absolute atomic E-state index is 12.2. The number of rotatable bonds is 3. The van der Waals surface area contributed by atoms with Crippen LogP contribution >= 0.6 is 0 Å². The van der Waals surface area contributed by atoms with Crippen molar-refractivity contribution in [1.82, 2.24) is 0 Å². The molecule has 0 aliphatic heterocycles. The molecular formula is C26H19F3O. The minimum atomic E-state index is -4.69. The fraction of sp³-hybridized carbons (Fsp3) is 0.154. The Labute approximate surface area is 173 Å². The fourth-order valence-corrected chi connectivity index (χ4v) is 3.53. The Kier molecular flexibility index (Phi) is 5.37. The van der Waals surface area contributed by atoms with Crippen LogP contribution in [0.2, 0.25) is 0 Å². The minimum absolute atomic E-state index is 0.257. The van der Waals surface area contributed by atoms with Gasteiger partial charge in [0.05, 0.1) is 0 Å². The molecule has 30 heavy (non-hydrogen) atoms. The summed E-state index contributed by atoms with van der Waals surface area (Å²) in [7, 11) is 0. The molecule has 0 saturated carbocycles. The van der Waals surface area contributed by atoms with Crippen molar-refractivity contribution in [2.75, 3.05) is 0 Å². The molecular weight excluding hydrogens is 385 g/mol. The van der Waals surface area contributed by atoms with Crippen molar-refractivity contribution in [2.24, 2.45) is 0 Å². The number of alkyl halides is 3. The van der Waals surface area contributed by atoms with Crippen LogP contribution in [0.3, 0.4) is 0 Å². The molecule has 0 spiro atoms. The van der Waals surface area contributed by atoms with Gasteiger partial charge in [-0.2, -0.15) is 0 Å². The number of hydrogen-bond donors (Lipinski definition) is 0. The predicted molar refractivity (Wildman–Crippen MR) is 115 cm³/mol. The van der Waals surface area contributed by atoms with E-state index in [1.54, 1.807) is 0 Å². The molecule has 0 bridgehead atoms. The summed E-state index contributed by atoms with van der Waals surface area (Å²) in [6.45, 7) is 2.18. The van der Waals surface area contributed by atoms with Gasteiger partial charge in [0, 0.05) is 11.1 Å². The molecule has 0 unspecified atom stereocenters. The number of ether oxygens (including phenoxy) is 1. The van der Waals surface area contributed by atoms with Crippen LogP contribution in [0.1, 0.15) is 30.0 Å². The van der Waals surface area contributed by atoms with E-state index in [1.165, 1.54) is 46.0 Å². The van der Waals surface area contributed by atoms with Crippen molar-refractivity contribution in [1.29, 1.82) is 0 Å². The van der Waals surface area contributed by atoms with Crippen LogP contribution in [-0.2, 0) is 6.42 Å². The van der Waals surface area contributed by atoms with Crippen LogP contribution < -0.4 is 4.74 Å². The van der Waals surface area contributed by atoms with Gasteiger partial charge in [-0.25, -0.2) is 0 Å². The van der Waals surface area contributed by atoms with Gasteiger partial charge in [0.2, 0.25) is 0 Å². The number of hydrogen-bond acceptors (Lipinski definition) is 1. The van der Waals surface area contributed by atoms with Gasteiger partial charge in [-0.3, -0.25) is 0 Å². The molecule has 0 fully saturated rings. The van der Waals surface area contributed by atoms with Crippen molar-refractivity contribution < 1.29 is 17.9 Å². The first-order valence-corrected chi connectivity index (χ1v) is 9.74. The summed E-state index contributed by atoms with van der Waals surface area (Å²) >= 11 is 0. The lowest BCUT2D eigenvalue weighted by Gasteiger charge is -2.08. The Bertz CT molecular complexity index is 1260. The first kappa shape index (κ1) is 19.8. The molecule has 1 nitrogen and oxygen atoms in total. The third-order valence-electron chi connectivity index (χ3n) is 4.88. The lowest BCUT2D eigenvalue weighted by molar-refractivity contribution is -0.274. The second-order valence-electron chi connectivity index (χ2n) is 7.13. The van der Waals surface area contributed by atoms with Crippen molar-refractivity contribution >= 4 is 21.5 Å². The van der Waals surface area contributed by atoms with E-state index in [0.717, 1.165) is 23.8 Å². The zero-order chi connectivity index (χ0) is 21.1. The van der Waals surface area contributed by atoms with E-state index in [9.17, 15) is 13.2 Å². The Balaban J connectivity index is 1.60. The van der Waals surface area contributed by atoms with Crippen LogP contribution in [0, 0.1) is 11.8 Å². The van der Waals surface area contributed by atoms with Gasteiger partial charge in [-0.05, 0) is 69.9 Å². The molecule has 150 valence electrons. The van der Waals surface area contributed by atoms with E-state index in [1.807, 2.05) is 12.1 Å². The van der Waals surface area contributed by atoms with Gasteiger partial charge in [-0.15, -0.1) is 13.2 Å². The summed E-state index contributed by atoms with van der Waals surface area (Å²) in [5.74, 6) is 5.81. The van der Waals surface area contributed by atoms with Gasteiger partial charge < -0.3 is 4.74 Å². The van der Waals surface area contributed by atoms with Gasteiger partial charge in [0.1, 0.15) is 5.75 Å². The third-order valence-corrected chi connectivity index (χ3v) is 4.88. The summed E-state index contributed by atoms with van der Waals surface area (Å²) in [6, 6.07) is 22.5. The molecule has 0 aliphatic carbocycles. The SMILES string of the molecule is CCCc1ccc2c(ccc3cc(C#Cc4ccc(OC(F)(F)F)cc4)ccc32)c1. The first-order chi connectivity index (χ1) is 14.4. The van der Waals surface area contributed by atoms with E-state index in [2.05, 4.69) is 59.9 Å². The summed E-state index contributed by atoms with van der Waals surface area (Å²) in [4.78, 5) is 0. The maximum Gasteiger partial charge on any atom is 0.573 e. The molecule has 4 heteroatoms. The zero-order valence-electron chi connectivity index (χ0n) is 16.4. The van der Waals surface area contributed by atoms with Crippen molar-refractivity contribution in [3.63, 3.8) is 0 Å². The molecule has 0 aliphatic rings. The lowest BCUT2D eigenvalue weighted by atomic mass is 9.97. The molecule has 0 radical (unpaired) electrons. The normalized spacial score (nSPS) is 11.3. The number of halogens is 3. The summed E-state index contributed by atoms with van der Waals surface area (Å²) < 4.78 is 40.6. The molecule has 0 amide bonds. The van der Waals surface area contributed by atoms with Gasteiger partial charge in [0.25, 0.3) is 0 Å². The maximum atomic E-state index is 12.2. The van der Waals surface area contributed by atoms with E-state index in [-0.39, 0.29) is 5.75 Å². The van der Waals surface area contributed by atoms with Crippen molar-refractivity contribution in [3.05, 3.63) is 89.5 Å². The zero-order valence-corrected chi connectivity index (χ0v) is 16.4. The average molecular weight is 404 g/mol. The van der Waals surface area contributed by atoms with Crippen LogP contribution in [0.25, 0.3) is 21.5 Å². The molecule has 0 saturated heterocycles. The molecule has 4 aromatic rings. The lowest BCUT2D eigenvalue weighted by Crippen LogP contribution is -2.16.